The van der Waals surface area contributed by atoms with Gasteiger partial charge in [0.15, 0.2) is 5.82 Å². The summed E-state index contributed by atoms with van der Waals surface area (Å²) in [5.41, 5.74) is 5.32. The Morgan fingerprint density at radius 1 is 1.08 bits per heavy atom. The van der Waals surface area contributed by atoms with E-state index in [9.17, 15) is 4.79 Å². The number of rotatable bonds is 9. The molecule has 37 heavy (non-hydrogen) atoms. The lowest BCUT2D eigenvalue weighted by atomic mass is 9.97. The fourth-order valence-corrected chi connectivity index (χ4v) is 5.87. The number of benzene rings is 2. The first-order valence-electron chi connectivity index (χ1n) is 13.6. The predicted molar refractivity (Wildman–Crippen MR) is 147 cm³/mol. The van der Waals surface area contributed by atoms with E-state index in [1.165, 1.54) is 24.0 Å². The Labute approximate surface area is 218 Å². The average molecular weight is 499 g/mol. The first-order chi connectivity index (χ1) is 17.9. The van der Waals surface area contributed by atoms with Crippen LogP contribution in [0.3, 0.4) is 0 Å². The molecule has 4 aromatic rings. The van der Waals surface area contributed by atoms with Gasteiger partial charge >= 0.3 is 0 Å². The summed E-state index contributed by atoms with van der Waals surface area (Å²) in [6.07, 6.45) is 5.59. The number of nitrogens with one attached hydrogen (secondary N) is 1. The second-order valence-electron chi connectivity index (χ2n) is 10.9. The minimum absolute atomic E-state index is 0.00428. The highest BCUT2D eigenvalue weighted by atomic mass is 16.1. The molecule has 1 aliphatic carbocycles. The van der Waals surface area contributed by atoms with E-state index in [-0.39, 0.29) is 17.5 Å². The topological polar surface area (TPSA) is 79.7 Å². The summed E-state index contributed by atoms with van der Waals surface area (Å²) in [5.74, 6) is 1.17. The summed E-state index contributed by atoms with van der Waals surface area (Å²) in [7, 11) is 0. The molecule has 2 heterocycles. The molecule has 0 radical (unpaired) electrons. The van der Waals surface area contributed by atoms with E-state index < -0.39 is 0 Å². The van der Waals surface area contributed by atoms with Gasteiger partial charge in [0.05, 0.1) is 11.6 Å². The highest BCUT2D eigenvalue weighted by Gasteiger charge is 2.35. The Morgan fingerprint density at radius 2 is 1.84 bits per heavy atom. The zero-order valence-electron chi connectivity index (χ0n) is 22.4. The highest BCUT2D eigenvalue weighted by molar-refractivity contribution is 5.83. The van der Waals surface area contributed by atoms with Crippen molar-refractivity contribution in [3.63, 3.8) is 0 Å². The molecule has 5 rings (SSSR count). The number of aromatic amines is 1. The van der Waals surface area contributed by atoms with E-state index >= 15 is 0 Å². The number of hydrogen-bond donors (Lipinski definition) is 1. The number of tetrazole rings is 1. The van der Waals surface area contributed by atoms with Crippen LogP contribution in [0.25, 0.3) is 10.9 Å². The van der Waals surface area contributed by atoms with Crippen LogP contribution in [-0.2, 0) is 19.5 Å². The van der Waals surface area contributed by atoms with E-state index in [1.807, 2.05) is 10.7 Å². The van der Waals surface area contributed by atoms with Crippen molar-refractivity contribution in [2.75, 3.05) is 0 Å². The molecule has 1 N–H and O–H groups in total. The maximum Gasteiger partial charge on any atom is 0.252 e. The minimum Gasteiger partial charge on any atom is -0.321 e. The van der Waals surface area contributed by atoms with Crippen LogP contribution in [0, 0.1) is 19.8 Å². The van der Waals surface area contributed by atoms with Crippen molar-refractivity contribution in [2.24, 2.45) is 5.92 Å². The average Bonchev–Trinajstić information content (AvgIpc) is 3.59. The number of fused-ring (bicyclic) bond motifs is 1. The normalized spacial score (nSPS) is 15.3. The molecule has 7 heteroatoms. The van der Waals surface area contributed by atoms with Gasteiger partial charge in [-0.15, -0.1) is 5.10 Å². The van der Waals surface area contributed by atoms with Gasteiger partial charge in [-0.1, -0.05) is 69.2 Å². The fourth-order valence-electron chi connectivity index (χ4n) is 5.87. The molecule has 0 bridgehead atoms. The summed E-state index contributed by atoms with van der Waals surface area (Å²) in [6.45, 7) is 9.93. The summed E-state index contributed by atoms with van der Waals surface area (Å²) in [6, 6.07) is 17.2. The van der Waals surface area contributed by atoms with Crippen molar-refractivity contribution in [3.8, 4) is 0 Å². The zero-order valence-corrected chi connectivity index (χ0v) is 22.4. The van der Waals surface area contributed by atoms with E-state index in [2.05, 4.69) is 95.6 Å². The lowest BCUT2D eigenvalue weighted by molar-refractivity contribution is 0.0840. The Hall–Kier alpha value is -3.32. The van der Waals surface area contributed by atoms with Gasteiger partial charge in [-0.3, -0.25) is 9.69 Å². The molecule has 1 saturated carbocycles. The number of hydrogen-bond acceptors (Lipinski definition) is 5. The molecule has 194 valence electrons. The molecular weight excluding hydrogens is 460 g/mol. The quantitative estimate of drug-likeness (QED) is 0.329. The van der Waals surface area contributed by atoms with Crippen molar-refractivity contribution < 1.29 is 0 Å². The van der Waals surface area contributed by atoms with Crippen LogP contribution in [0.4, 0.5) is 0 Å². The van der Waals surface area contributed by atoms with Crippen molar-refractivity contribution in [2.45, 2.75) is 85.0 Å². The van der Waals surface area contributed by atoms with E-state index in [0.717, 1.165) is 53.7 Å². The summed E-state index contributed by atoms with van der Waals surface area (Å²) >= 11 is 0. The molecule has 0 aliphatic heterocycles. The Bertz CT molecular complexity index is 1400. The van der Waals surface area contributed by atoms with Crippen LogP contribution >= 0.6 is 0 Å². The van der Waals surface area contributed by atoms with Gasteiger partial charge in [0, 0.05) is 24.7 Å². The van der Waals surface area contributed by atoms with Crippen molar-refractivity contribution in [3.05, 3.63) is 87.0 Å². The Balaban J connectivity index is 1.49. The third-order valence-electron chi connectivity index (χ3n) is 8.04. The number of aryl methyl sites for hydroxylation is 4. The Kier molecular flexibility index (Phi) is 7.51. The molecule has 1 aliphatic rings. The minimum atomic E-state index is -0.00428. The molecule has 0 unspecified atom stereocenters. The number of H-pyrrole nitrogens is 1. The monoisotopic (exact) mass is 498 g/mol. The molecule has 1 atom stereocenters. The van der Waals surface area contributed by atoms with Gasteiger partial charge in [0.25, 0.3) is 5.56 Å². The predicted octanol–water partition coefficient (Wildman–Crippen LogP) is 5.52. The Morgan fingerprint density at radius 3 is 2.57 bits per heavy atom. The maximum atomic E-state index is 13.3. The first-order valence-corrected chi connectivity index (χ1v) is 13.6. The standard InChI is InChI=1S/C30H38N6O/c1-20(2)28(29-32-33-34-36(29)17-16-23-10-6-5-7-11-23)35(26-12-8-9-13-26)19-25-18-24-15-14-21(3)22(4)27(24)31-30(25)37/h5-7,10-11,14-15,18,20,26,28H,8-9,12-13,16-17,19H2,1-4H3,(H,31,37)/t28-/m0/s1. The maximum absolute atomic E-state index is 13.3. The molecule has 2 aromatic heterocycles. The van der Waals surface area contributed by atoms with Crippen molar-refractivity contribution >= 4 is 10.9 Å². The number of nitrogens with zero attached hydrogens (tertiary/aromatic N) is 5. The number of pyridine rings is 1. The first kappa shape index (κ1) is 25.3. The van der Waals surface area contributed by atoms with Gasteiger partial charge in [0.1, 0.15) is 0 Å². The SMILES string of the molecule is Cc1ccc2cc(CN(C3CCCC3)[C@H](c3nnnn3CCc3ccccc3)C(C)C)c(=O)[nH]c2c1C. The van der Waals surface area contributed by atoms with Gasteiger partial charge in [-0.25, -0.2) is 4.68 Å². The third kappa shape index (κ3) is 5.37. The van der Waals surface area contributed by atoms with Crippen LogP contribution in [0.1, 0.15) is 73.7 Å². The molecule has 2 aromatic carbocycles. The van der Waals surface area contributed by atoms with Gasteiger partial charge in [-0.05, 0) is 77.6 Å². The molecular formula is C30H38N6O. The summed E-state index contributed by atoms with van der Waals surface area (Å²) in [4.78, 5) is 19.0. The third-order valence-corrected chi connectivity index (χ3v) is 8.04. The molecule has 0 amide bonds. The van der Waals surface area contributed by atoms with E-state index in [4.69, 9.17) is 0 Å². The second kappa shape index (κ2) is 11.0. The second-order valence-corrected chi connectivity index (χ2v) is 10.9. The van der Waals surface area contributed by atoms with Crippen LogP contribution in [0.5, 0.6) is 0 Å². The van der Waals surface area contributed by atoms with Gasteiger partial charge in [0.2, 0.25) is 0 Å². The largest absolute Gasteiger partial charge is 0.321 e. The highest BCUT2D eigenvalue weighted by Crippen LogP contribution is 2.36. The van der Waals surface area contributed by atoms with Gasteiger partial charge in [-0.2, -0.15) is 0 Å². The van der Waals surface area contributed by atoms with Crippen LogP contribution in [-0.4, -0.2) is 36.1 Å². The van der Waals surface area contributed by atoms with E-state index in [0.29, 0.717) is 12.6 Å². The fraction of sp³-hybridized carbons (Fsp3) is 0.467. The zero-order chi connectivity index (χ0) is 25.9. The lowest BCUT2D eigenvalue weighted by Crippen LogP contribution is -2.41. The van der Waals surface area contributed by atoms with Crippen LogP contribution < -0.4 is 5.56 Å². The smallest absolute Gasteiger partial charge is 0.252 e. The van der Waals surface area contributed by atoms with Gasteiger partial charge < -0.3 is 4.98 Å². The van der Waals surface area contributed by atoms with Crippen LogP contribution in [0.2, 0.25) is 0 Å². The van der Waals surface area contributed by atoms with Crippen molar-refractivity contribution in [1.82, 2.24) is 30.1 Å². The molecule has 7 nitrogen and oxygen atoms in total. The van der Waals surface area contributed by atoms with Crippen molar-refractivity contribution in [1.29, 1.82) is 0 Å². The molecule has 1 fully saturated rings. The molecule has 0 spiro atoms. The lowest BCUT2D eigenvalue weighted by Gasteiger charge is -2.38. The summed E-state index contributed by atoms with van der Waals surface area (Å²) in [5, 5.41) is 14.1. The molecule has 0 saturated heterocycles. The van der Waals surface area contributed by atoms with Crippen LogP contribution in [0.15, 0.2) is 53.3 Å². The summed E-state index contributed by atoms with van der Waals surface area (Å²) < 4.78 is 1.97. The number of aromatic nitrogens is 5. The van der Waals surface area contributed by atoms with E-state index in [1.54, 1.807) is 0 Å².